The maximum atomic E-state index is 12.9. The lowest BCUT2D eigenvalue weighted by molar-refractivity contribution is -0.158. The third-order valence-corrected chi connectivity index (χ3v) is 12.4. The normalized spacial score (nSPS) is 25.9. The molecule has 1 amide bonds. The minimum Gasteiger partial charge on any atom is -0.458 e. The van der Waals surface area contributed by atoms with E-state index < -0.39 is 38.1 Å². The van der Waals surface area contributed by atoms with E-state index in [9.17, 15) is 9.59 Å². The van der Waals surface area contributed by atoms with E-state index >= 15 is 0 Å². The summed E-state index contributed by atoms with van der Waals surface area (Å²) in [6.45, 7) is 23.0. The molecule has 8 heteroatoms. The van der Waals surface area contributed by atoms with Crippen LogP contribution < -0.4 is 5.32 Å². The summed E-state index contributed by atoms with van der Waals surface area (Å²) in [5, 5.41) is 2.64. The Morgan fingerprint density at radius 2 is 1.66 bits per heavy atom. The first-order chi connectivity index (χ1) is 14.7. The molecule has 7 nitrogen and oxygen atoms in total. The van der Waals surface area contributed by atoms with Gasteiger partial charge in [0.15, 0.2) is 0 Å². The quantitative estimate of drug-likeness (QED) is 0.384. The van der Waals surface area contributed by atoms with E-state index in [-0.39, 0.29) is 12.2 Å². The molecule has 0 spiro atoms. The van der Waals surface area contributed by atoms with Crippen LogP contribution in [0.15, 0.2) is 0 Å². The number of esters is 1. The maximum Gasteiger partial charge on any atom is 0.408 e. The molecule has 0 unspecified atom stereocenters. The summed E-state index contributed by atoms with van der Waals surface area (Å²) < 4.78 is 24.4. The molecule has 1 N–H and O–H groups in total. The molecule has 0 aliphatic carbocycles. The van der Waals surface area contributed by atoms with Crippen molar-refractivity contribution in [3.8, 4) is 0 Å². The average molecular weight is 474 g/mol. The van der Waals surface area contributed by atoms with Gasteiger partial charge in [-0.2, -0.15) is 0 Å². The molecule has 188 valence electrons. The fraction of sp³-hybridized carbons (Fsp3) is 0.917. The minimum atomic E-state index is -2.22. The molecule has 1 heterocycles. The molecule has 4 atom stereocenters. The van der Waals surface area contributed by atoms with Gasteiger partial charge in [-0.25, -0.2) is 9.59 Å². The summed E-state index contributed by atoms with van der Waals surface area (Å²) in [5.41, 5.74) is 0.549. The molecule has 0 bridgehead atoms. The van der Waals surface area contributed by atoms with Gasteiger partial charge in [0.25, 0.3) is 0 Å². The Hall–Kier alpha value is -1.12. The van der Waals surface area contributed by atoms with Gasteiger partial charge >= 0.3 is 12.1 Å². The lowest BCUT2D eigenvalue weighted by Gasteiger charge is -2.46. The summed E-state index contributed by atoms with van der Waals surface area (Å²) >= 11 is 0. The zero-order valence-electron chi connectivity index (χ0n) is 22.1. The second kappa shape index (κ2) is 11.8. The zero-order valence-corrected chi connectivity index (χ0v) is 23.1. The molecule has 32 heavy (non-hydrogen) atoms. The Bertz CT molecular complexity index is 594. The highest BCUT2D eigenvalue weighted by Gasteiger charge is 2.49. The Balaban J connectivity index is 3.15. The van der Waals surface area contributed by atoms with Gasteiger partial charge in [-0.05, 0) is 50.7 Å². The van der Waals surface area contributed by atoms with Crippen LogP contribution in [0.4, 0.5) is 4.79 Å². The molecule has 1 saturated heterocycles. The summed E-state index contributed by atoms with van der Waals surface area (Å²) in [6, 6.07) is -0.828. The molecular formula is C24H47NO6Si. The van der Waals surface area contributed by atoms with Gasteiger partial charge in [0.05, 0.1) is 6.10 Å². The topological polar surface area (TPSA) is 83.1 Å². The van der Waals surface area contributed by atoms with E-state index in [0.717, 1.165) is 6.42 Å². The first-order valence-corrected chi connectivity index (χ1v) is 14.3. The number of carbonyl (C=O) groups excluding carboxylic acids is 2. The highest BCUT2D eigenvalue weighted by molar-refractivity contribution is 6.77. The van der Waals surface area contributed by atoms with Crippen LogP contribution in [-0.4, -0.2) is 56.9 Å². The lowest BCUT2D eigenvalue weighted by atomic mass is 10.1. The number of alkyl carbamates (subject to hydrolysis) is 1. The van der Waals surface area contributed by atoms with Crippen LogP contribution >= 0.6 is 0 Å². The minimum absolute atomic E-state index is 0.193. The first kappa shape index (κ1) is 28.9. The molecule has 0 radical (unpaired) electrons. The maximum absolute atomic E-state index is 12.9. The van der Waals surface area contributed by atoms with E-state index in [1.807, 2.05) is 6.92 Å². The van der Waals surface area contributed by atoms with Crippen molar-refractivity contribution in [1.29, 1.82) is 0 Å². The van der Waals surface area contributed by atoms with Crippen molar-refractivity contribution in [1.82, 2.24) is 5.32 Å². The van der Waals surface area contributed by atoms with E-state index in [1.54, 1.807) is 20.8 Å². The Kier molecular flexibility index (Phi) is 10.7. The van der Waals surface area contributed by atoms with Gasteiger partial charge < -0.3 is 24.0 Å². The third-order valence-electron chi connectivity index (χ3n) is 6.29. The monoisotopic (exact) mass is 473 g/mol. The molecule has 0 aromatic heterocycles. The van der Waals surface area contributed by atoms with E-state index in [0.29, 0.717) is 29.7 Å². The van der Waals surface area contributed by atoms with E-state index in [4.69, 9.17) is 18.6 Å². The Labute approximate surface area is 196 Å². The number of ether oxygens (including phenoxy) is 3. The van der Waals surface area contributed by atoms with Crippen molar-refractivity contribution in [3.05, 3.63) is 0 Å². The number of cyclic esters (lactones) is 1. The van der Waals surface area contributed by atoms with Crippen LogP contribution in [0.3, 0.4) is 0 Å². The second-order valence-corrected chi connectivity index (χ2v) is 16.3. The Morgan fingerprint density at radius 3 is 2.09 bits per heavy atom. The van der Waals surface area contributed by atoms with Gasteiger partial charge in [0, 0.05) is 13.0 Å². The standard InChI is InChI=1S/C24H47NO6Si/c1-12-20-21(31-32(15(2)3,16(4)5)17(6)7)18(8)29-22(26)19(13-14-28-20)25-23(27)30-24(9,10)11/h15-21H,12-14H2,1-11H3,(H,25,27)/t18-,19-,20+,21-/m0/s1. The molecule has 0 aromatic carbocycles. The summed E-state index contributed by atoms with van der Waals surface area (Å²) in [5.74, 6) is -0.483. The fourth-order valence-corrected chi connectivity index (χ4v) is 10.6. The lowest BCUT2D eigenvalue weighted by Crippen LogP contribution is -2.55. The number of amides is 1. The average Bonchev–Trinajstić information content (AvgIpc) is 2.67. The van der Waals surface area contributed by atoms with Gasteiger partial charge in [-0.15, -0.1) is 0 Å². The smallest absolute Gasteiger partial charge is 0.408 e. The van der Waals surface area contributed by atoms with Gasteiger partial charge in [0.1, 0.15) is 23.9 Å². The van der Waals surface area contributed by atoms with Crippen LogP contribution in [-0.2, 0) is 23.4 Å². The van der Waals surface area contributed by atoms with Crippen molar-refractivity contribution >= 4 is 20.4 Å². The predicted molar refractivity (Wildman–Crippen MR) is 129 cm³/mol. The summed E-state index contributed by atoms with van der Waals surface area (Å²) in [4.78, 5) is 25.2. The predicted octanol–water partition coefficient (Wildman–Crippen LogP) is 5.57. The molecule has 0 aromatic rings. The number of nitrogens with one attached hydrogen (secondary N) is 1. The fourth-order valence-electron chi connectivity index (χ4n) is 4.93. The summed E-state index contributed by atoms with van der Waals surface area (Å²) in [6.07, 6.45) is -0.636. The van der Waals surface area contributed by atoms with Crippen molar-refractivity contribution in [3.63, 3.8) is 0 Å². The van der Waals surface area contributed by atoms with Crippen LogP contribution in [0.5, 0.6) is 0 Å². The number of hydrogen-bond donors (Lipinski definition) is 1. The molecule has 1 aliphatic rings. The third kappa shape index (κ3) is 7.45. The van der Waals surface area contributed by atoms with Gasteiger partial charge in [0.2, 0.25) is 8.32 Å². The molecule has 1 rings (SSSR count). The van der Waals surface area contributed by atoms with Gasteiger partial charge in [-0.1, -0.05) is 48.5 Å². The van der Waals surface area contributed by atoms with E-state index in [2.05, 4.69) is 53.8 Å². The molecule has 1 aliphatic heterocycles. The zero-order chi connectivity index (χ0) is 24.9. The Morgan fingerprint density at radius 1 is 1.12 bits per heavy atom. The van der Waals surface area contributed by atoms with Crippen LogP contribution in [0.25, 0.3) is 0 Å². The molecule has 1 fully saturated rings. The molecule has 0 saturated carbocycles. The van der Waals surface area contributed by atoms with Crippen molar-refractivity contribution < 1.29 is 28.2 Å². The number of carbonyl (C=O) groups is 2. The molecular weight excluding hydrogens is 426 g/mol. The largest absolute Gasteiger partial charge is 0.458 e. The summed E-state index contributed by atoms with van der Waals surface area (Å²) in [7, 11) is -2.22. The van der Waals surface area contributed by atoms with Crippen molar-refractivity contribution in [2.45, 2.75) is 136 Å². The second-order valence-electron chi connectivity index (χ2n) is 10.8. The van der Waals surface area contributed by atoms with Crippen molar-refractivity contribution in [2.75, 3.05) is 6.61 Å². The number of rotatable bonds is 7. The number of hydrogen-bond acceptors (Lipinski definition) is 6. The SMILES string of the molecule is CC[C@H]1OCC[C@H](NC(=O)OC(C)(C)C)C(=O)O[C@@H](C)[C@@H]1O[Si](C(C)C)(C(C)C)C(C)C. The van der Waals surface area contributed by atoms with Gasteiger partial charge in [-0.3, -0.25) is 0 Å². The van der Waals surface area contributed by atoms with Crippen LogP contribution in [0, 0.1) is 0 Å². The van der Waals surface area contributed by atoms with E-state index in [1.165, 1.54) is 0 Å². The van der Waals surface area contributed by atoms with Crippen molar-refractivity contribution in [2.24, 2.45) is 0 Å². The van der Waals surface area contributed by atoms with Crippen LogP contribution in [0.1, 0.15) is 89.0 Å². The highest BCUT2D eigenvalue weighted by Crippen LogP contribution is 2.44. The highest BCUT2D eigenvalue weighted by atomic mass is 28.4. The first-order valence-electron chi connectivity index (χ1n) is 12.1. The van der Waals surface area contributed by atoms with Crippen LogP contribution in [0.2, 0.25) is 16.6 Å².